The van der Waals surface area contributed by atoms with E-state index in [1.54, 1.807) is 24.3 Å². The van der Waals surface area contributed by atoms with Crippen molar-refractivity contribution in [3.8, 4) is 0 Å². The van der Waals surface area contributed by atoms with E-state index in [4.69, 9.17) is 11.6 Å². The zero-order chi connectivity index (χ0) is 8.97. The first-order valence-corrected chi connectivity index (χ1v) is 3.82. The van der Waals surface area contributed by atoms with Crippen LogP contribution in [-0.2, 0) is 5.88 Å². The molecular formula is C7H7ClN2O2. The van der Waals surface area contributed by atoms with Crippen molar-refractivity contribution in [3.05, 3.63) is 39.9 Å². The van der Waals surface area contributed by atoms with E-state index in [1.165, 1.54) is 0 Å². The molecule has 4 nitrogen and oxygen atoms in total. The van der Waals surface area contributed by atoms with Crippen LogP contribution in [0.1, 0.15) is 5.56 Å². The summed E-state index contributed by atoms with van der Waals surface area (Å²) in [5.74, 6) is 0.354. The first-order chi connectivity index (χ1) is 5.72. The van der Waals surface area contributed by atoms with Gasteiger partial charge in [-0.2, -0.15) is 0 Å². The fourth-order valence-electron chi connectivity index (χ4n) is 0.829. The predicted molar refractivity (Wildman–Crippen MR) is 46.6 cm³/mol. The van der Waals surface area contributed by atoms with Gasteiger partial charge < -0.3 is 0 Å². The van der Waals surface area contributed by atoms with Crippen molar-refractivity contribution in [2.75, 3.05) is 5.43 Å². The standard InChI is InChI=1S/C7H7ClN2O2/c8-5-6-2-1-3-7(4-6)9-10(11)12/h1-4,9H,5H2. The lowest BCUT2D eigenvalue weighted by Crippen LogP contribution is -2.07. The molecule has 1 aromatic rings. The maximum atomic E-state index is 10.0. The summed E-state index contributed by atoms with van der Waals surface area (Å²) in [5, 5.41) is 9.43. The molecule has 0 unspecified atom stereocenters. The normalized spacial score (nSPS) is 9.42. The molecule has 5 heteroatoms. The van der Waals surface area contributed by atoms with Crippen molar-refractivity contribution < 1.29 is 5.03 Å². The Balaban J connectivity index is 2.79. The van der Waals surface area contributed by atoms with E-state index < -0.39 is 5.03 Å². The fraction of sp³-hybridized carbons (Fsp3) is 0.143. The second-order valence-corrected chi connectivity index (χ2v) is 2.47. The molecule has 12 heavy (non-hydrogen) atoms. The highest BCUT2D eigenvalue weighted by molar-refractivity contribution is 6.17. The number of halogens is 1. The SMILES string of the molecule is O=[N+]([O-])Nc1cccc(CCl)c1. The monoisotopic (exact) mass is 186 g/mol. The van der Waals surface area contributed by atoms with Gasteiger partial charge in [-0.25, -0.2) is 10.1 Å². The van der Waals surface area contributed by atoms with Crippen LogP contribution in [0.3, 0.4) is 0 Å². The van der Waals surface area contributed by atoms with Crippen molar-refractivity contribution in [2.45, 2.75) is 5.88 Å². The number of alkyl halides is 1. The highest BCUT2D eigenvalue weighted by Gasteiger charge is 1.98. The average Bonchev–Trinajstić information content (AvgIpc) is 2.03. The van der Waals surface area contributed by atoms with E-state index in [1.807, 2.05) is 5.43 Å². The summed E-state index contributed by atoms with van der Waals surface area (Å²) in [6, 6.07) is 6.76. The Labute approximate surface area is 74.3 Å². The van der Waals surface area contributed by atoms with Crippen molar-refractivity contribution in [3.63, 3.8) is 0 Å². The molecule has 0 radical (unpaired) electrons. The molecule has 0 atom stereocenters. The quantitative estimate of drug-likeness (QED) is 0.447. The topological polar surface area (TPSA) is 55.2 Å². The van der Waals surface area contributed by atoms with Crippen molar-refractivity contribution >= 4 is 17.3 Å². The number of anilines is 1. The van der Waals surface area contributed by atoms with Gasteiger partial charge in [0.25, 0.3) is 0 Å². The highest BCUT2D eigenvalue weighted by atomic mass is 35.5. The lowest BCUT2D eigenvalue weighted by molar-refractivity contribution is -0.445. The molecule has 0 saturated carbocycles. The Morgan fingerprint density at radius 1 is 1.58 bits per heavy atom. The maximum Gasteiger partial charge on any atom is 0.162 e. The minimum atomic E-state index is -0.604. The van der Waals surface area contributed by atoms with Gasteiger partial charge in [-0.15, -0.1) is 17.0 Å². The molecular weight excluding hydrogens is 180 g/mol. The third-order valence-corrected chi connectivity index (χ3v) is 1.61. The number of rotatable bonds is 3. The van der Waals surface area contributed by atoms with Gasteiger partial charge in [0, 0.05) is 5.88 Å². The summed E-state index contributed by atoms with van der Waals surface area (Å²) in [4.78, 5) is 10.0. The van der Waals surface area contributed by atoms with Crippen molar-refractivity contribution in [2.24, 2.45) is 0 Å². The minimum Gasteiger partial charge on any atom is -0.235 e. The van der Waals surface area contributed by atoms with Crippen LogP contribution in [-0.4, -0.2) is 5.03 Å². The average molecular weight is 187 g/mol. The summed E-state index contributed by atoms with van der Waals surface area (Å²) in [7, 11) is 0. The number of hydrogen-bond acceptors (Lipinski definition) is 2. The van der Waals surface area contributed by atoms with E-state index >= 15 is 0 Å². The third kappa shape index (κ3) is 2.39. The molecule has 0 amide bonds. The molecule has 0 aliphatic heterocycles. The summed E-state index contributed by atoms with van der Waals surface area (Å²) < 4.78 is 0. The van der Waals surface area contributed by atoms with Gasteiger partial charge in [0.05, 0.1) is 0 Å². The van der Waals surface area contributed by atoms with E-state index in [0.29, 0.717) is 11.6 Å². The highest BCUT2D eigenvalue weighted by Crippen LogP contribution is 2.11. The molecule has 0 fully saturated rings. The maximum absolute atomic E-state index is 10.0. The molecule has 0 bridgehead atoms. The van der Waals surface area contributed by atoms with Crippen LogP contribution in [0.15, 0.2) is 24.3 Å². The van der Waals surface area contributed by atoms with E-state index in [2.05, 4.69) is 0 Å². The van der Waals surface area contributed by atoms with Crippen molar-refractivity contribution in [1.29, 1.82) is 0 Å². The van der Waals surface area contributed by atoms with Crippen LogP contribution in [0.2, 0.25) is 0 Å². The fourth-order valence-corrected chi connectivity index (χ4v) is 0.996. The van der Waals surface area contributed by atoms with Gasteiger partial charge in [-0.05, 0) is 17.7 Å². The number of hydrazine groups is 1. The molecule has 0 aromatic heterocycles. The Bertz CT molecular complexity index is 290. The predicted octanol–water partition coefficient (Wildman–Crippen LogP) is 2.03. The van der Waals surface area contributed by atoms with Gasteiger partial charge in [0.15, 0.2) is 5.03 Å². The lowest BCUT2D eigenvalue weighted by atomic mass is 10.2. The molecule has 1 aromatic carbocycles. The molecule has 64 valence electrons. The van der Waals surface area contributed by atoms with Crippen LogP contribution in [0.5, 0.6) is 0 Å². The molecule has 0 heterocycles. The van der Waals surface area contributed by atoms with Crippen LogP contribution < -0.4 is 5.43 Å². The minimum absolute atomic E-state index is 0.354. The number of benzene rings is 1. The largest absolute Gasteiger partial charge is 0.235 e. The van der Waals surface area contributed by atoms with Crippen LogP contribution in [0.25, 0.3) is 0 Å². The Kier molecular flexibility index (Phi) is 2.88. The molecule has 1 N–H and O–H groups in total. The van der Waals surface area contributed by atoms with Crippen LogP contribution >= 0.6 is 11.6 Å². The van der Waals surface area contributed by atoms with Gasteiger partial charge in [0.2, 0.25) is 0 Å². The summed E-state index contributed by atoms with van der Waals surface area (Å²) in [6.45, 7) is 0. The lowest BCUT2D eigenvalue weighted by Gasteiger charge is -1.98. The van der Waals surface area contributed by atoms with Gasteiger partial charge in [0.1, 0.15) is 5.69 Å². The number of nitro groups is 1. The van der Waals surface area contributed by atoms with Crippen LogP contribution in [0, 0.1) is 10.1 Å². The number of nitrogens with zero attached hydrogens (tertiary/aromatic N) is 1. The van der Waals surface area contributed by atoms with Gasteiger partial charge >= 0.3 is 0 Å². The zero-order valence-electron chi connectivity index (χ0n) is 6.16. The van der Waals surface area contributed by atoms with E-state index in [-0.39, 0.29) is 0 Å². The van der Waals surface area contributed by atoms with Gasteiger partial charge in [-0.3, -0.25) is 0 Å². The Hall–Kier alpha value is -1.29. The first-order valence-electron chi connectivity index (χ1n) is 3.28. The molecule has 0 spiro atoms. The zero-order valence-corrected chi connectivity index (χ0v) is 6.91. The van der Waals surface area contributed by atoms with Crippen LogP contribution in [0.4, 0.5) is 5.69 Å². The van der Waals surface area contributed by atoms with Gasteiger partial charge in [-0.1, -0.05) is 12.1 Å². The van der Waals surface area contributed by atoms with E-state index in [9.17, 15) is 10.1 Å². The summed E-state index contributed by atoms with van der Waals surface area (Å²) in [5.41, 5.74) is 3.34. The first kappa shape index (κ1) is 8.80. The number of hydrogen-bond donors (Lipinski definition) is 1. The second kappa shape index (κ2) is 3.92. The molecule has 1 rings (SSSR count). The smallest absolute Gasteiger partial charge is 0.162 e. The summed E-state index contributed by atoms with van der Waals surface area (Å²) in [6.07, 6.45) is 0. The molecule has 0 saturated heterocycles. The van der Waals surface area contributed by atoms with Crippen molar-refractivity contribution in [1.82, 2.24) is 0 Å². The molecule has 0 aliphatic rings. The number of nitrogens with one attached hydrogen (secondary N) is 1. The Morgan fingerprint density at radius 3 is 2.92 bits per heavy atom. The molecule has 0 aliphatic carbocycles. The third-order valence-electron chi connectivity index (χ3n) is 1.30. The summed E-state index contributed by atoms with van der Waals surface area (Å²) >= 11 is 5.54. The Morgan fingerprint density at radius 2 is 2.33 bits per heavy atom. The second-order valence-electron chi connectivity index (χ2n) is 2.20. The van der Waals surface area contributed by atoms with E-state index in [0.717, 1.165) is 5.56 Å².